The molecule has 4 heteroatoms. The molecule has 0 unspecified atom stereocenters. The van der Waals surface area contributed by atoms with Crippen molar-refractivity contribution in [3.8, 4) is 0 Å². The summed E-state index contributed by atoms with van der Waals surface area (Å²) in [6.45, 7) is 11.2. The molecule has 0 spiro atoms. The largest absolute Gasteiger partial charge is 0.370 e. The van der Waals surface area contributed by atoms with E-state index in [4.69, 9.17) is 5.73 Å². The first-order valence-corrected chi connectivity index (χ1v) is 8.89. The van der Waals surface area contributed by atoms with E-state index in [1.807, 2.05) is 12.1 Å². The van der Waals surface area contributed by atoms with Crippen molar-refractivity contribution in [2.24, 2.45) is 22.6 Å². The maximum absolute atomic E-state index is 6.01. The first-order valence-electron chi connectivity index (χ1n) is 8.89. The zero-order chi connectivity index (χ0) is 16.7. The first kappa shape index (κ1) is 17.8. The lowest BCUT2D eigenvalue weighted by Gasteiger charge is -2.31. The fourth-order valence-corrected chi connectivity index (χ4v) is 2.97. The smallest absolute Gasteiger partial charge is 0.193 e. The minimum Gasteiger partial charge on any atom is -0.370 e. The topological polar surface area (TPSA) is 53.6 Å². The van der Waals surface area contributed by atoms with E-state index in [0.29, 0.717) is 11.9 Å². The Morgan fingerprint density at radius 2 is 2.09 bits per heavy atom. The number of hydrogen-bond acceptors (Lipinski definition) is 2. The third-order valence-corrected chi connectivity index (χ3v) is 4.54. The summed E-state index contributed by atoms with van der Waals surface area (Å²) in [7, 11) is 0. The zero-order valence-electron chi connectivity index (χ0n) is 14.9. The van der Waals surface area contributed by atoms with Crippen LogP contribution < -0.4 is 11.1 Å². The predicted molar refractivity (Wildman–Crippen MR) is 99.9 cm³/mol. The van der Waals surface area contributed by atoms with Crippen molar-refractivity contribution in [2.45, 2.75) is 40.0 Å². The number of aliphatic imine (C=N–C) groups is 1. The van der Waals surface area contributed by atoms with Gasteiger partial charge in [-0.2, -0.15) is 0 Å². The second-order valence-corrected chi connectivity index (χ2v) is 7.19. The molecule has 0 bridgehead atoms. The van der Waals surface area contributed by atoms with Gasteiger partial charge in [0.05, 0.1) is 0 Å². The van der Waals surface area contributed by atoms with Crippen molar-refractivity contribution < 1.29 is 0 Å². The number of benzene rings is 1. The van der Waals surface area contributed by atoms with Crippen molar-refractivity contribution >= 4 is 11.6 Å². The van der Waals surface area contributed by atoms with Gasteiger partial charge in [-0.05, 0) is 75.4 Å². The number of nitrogens with two attached hydrogens (primary N) is 1. The Labute approximate surface area is 141 Å². The molecule has 128 valence electrons. The summed E-state index contributed by atoms with van der Waals surface area (Å²) < 4.78 is 0. The van der Waals surface area contributed by atoms with E-state index in [-0.39, 0.29) is 0 Å². The van der Waals surface area contributed by atoms with E-state index in [1.54, 1.807) is 0 Å². The van der Waals surface area contributed by atoms with Crippen molar-refractivity contribution in [3.05, 3.63) is 29.8 Å². The van der Waals surface area contributed by atoms with Gasteiger partial charge < -0.3 is 16.0 Å². The van der Waals surface area contributed by atoms with Crippen molar-refractivity contribution in [1.82, 2.24) is 4.90 Å². The lowest BCUT2D eigenvalue weighted by atomic mass is 9.96. The van der Waals surface area contributed by atoms with E-state index >= 15 is 0 Å². The normalized spacial score (nSPS) is 17.7. The number of nitrogens with one attached hydrogen (secondary N) is 1. The average molecular weight is 316 g/mol. The van der Waals surface area contributed by atoms with Crippen LogP contribution in [-0.2, 0) is 0 Å². The van der Waals surface area contributed by atoms with Crippen LogP contribution in [0.5, 0.6) is 0 Å². The maximum atomic E-state index is 6.01. The molecular formula is C19H32N4. The fourth-order valence-electron chi connectivity index (χ4n) is 2.97. The molecule has 0 aromatic heterocycles. The molecule has 2 rings (SSSR count). The maximum Gasteiger partial charge on any atom is 0.193 e. The van der Waals surface area contributed by atoms with Gasteiger partial charge >= 0.3 is 0 Å². The van der Waals surface area contributed by atoms with Gasteiger partial charge in [0.1, 0.15) is 0 Å². The minimum absolute atomic E-state index is 0.526. The highest BCUT2D eigenvalue weighted by Gasteiger charge is 2.18. The minimum atomic E-state index is 0.526. The molecule has 23 heavy (non-hydrogen) atoms. The molecule has 1 aliphatic rings. The predicted octanol–water partition coefficient (Wildman–Crippen LogP) is 3.48. The molecule has 0 amide bonds. The van der Waals surface area contributed by atoms with Gasteiger partial charge in [-0.15, -0.1) is 0 Å². The number of hydrogen-bond donors (Lipinski definition) is 2. The number of anilines is 1. The van der Waals surface area contributed by atoms with Crippen LogP contribution in [0.15, 0.2) is 29.3 Å². The second kappa shape index (κ2) is 8.92. The van der Waals surface area contributed by atoms with Gasteiger partial charge in [0, 0.05) is 12.2 Å². The standard InChI is InChI=1S/C19H32N4/c1-15(2)7-10-23-11-8-17(9-12-23)14-21-19(20)22-18-6-4-5-16(3)13-18/h4-6,13,15,17H,7-12,14H2,1-3H3,(H3,20,21,22). The highest BCUT2D eigenvalue weighted by molar-refractivity contribution is 5.92. The van der Waals surface area contributed by atoms with E-state index in [2.05, 4.69) is 48.1 Å². The summed E-state index contributed by atoms with van der Waals surface area (Å²) >= 11 is 0. The lowest BCUT2D eigenvalue weighted by Crippen LogP contribution is -2.36. The van der Waals surface area contributed by atoms with E-state index < -0.39 is 0 Å². The first-order chi connectivity index (χ1) is 11.0. The molecular weight excluding hydrogens is 284 g/mol. The summed E-state index contributed by atoms with van der Waals surface area (Å²) in [5, 5.41) is 3.18. The number of likely N-dealkylation sites (tertiary alicyclic amines) is 1. The van der Waals surface area contributed by atoms with Crippen molar-refractivity contribution in [2.75, 3.05) is 31.5 Å². The Morgan fingerprint density at radius 3 is 2.74 bits per heavy atom. The van der Waals surface area contributed by atoms with E-state index in [0.717, 1.165) is 18.2 Å². The number of guanidine groups is 1. The Balaban J connectivity index is 1.71. The molecule has 1 aromatic carbocycles. The van der Waals surface area contributed by atoms with Crippen molar-refractivity contribution in [3.63, 3.8) is 0 Å². The second-order valence-electron chi connectivity index (χ2n) is 7.19. The van der Waals surface area contributed by atoms with Crippen LogP contribution in [0.2, 0.25) is 0 Å². The fraction of sp³-hybridized carbons (Fsp3) is 0.632. The SMILES string of the molecule is Cc1cccc(NC(N)=NCC2CCN(CCC(C)C)CC2)c1. The van der Waals surface area contributed by atoms with Crippen LogP contribution in [-0.4, -0.2) is 37.0 Å². The molecule has 1 aromatic rings. The summed E-state index contributed by atoms with van der Waals surface area (Å²) in [4.78, 5) is 7.13. The van der Waals surface area contributed by atoms with E-state index in [9.17, 15) is 0 Å². The number of rotatable bonds is 6. The van der Waals surface area contributed by atoms with Gasteiger partial charge in [0.25, 0.3) is 0 Å². The molecule has 1 saturated heterocycles. The van der Waals surface area contributed by atoms with Crippen LogP contribution in [0.25, 0.3) is 0 Å². The molecule has 0 radical (unpaired) electrons. The number of aryl methyl sites for hydroxylation is 1. The van der Waals surface area contributed by atoms with Gasteiger partial charge in [-0.3, -0.25) is 4.99 Å². The molecule has 0 aliphatic carbocycles. The third-order valence-electron chi connectivity index (χ3n) is 4.54. The molecule has 0 saturated carbocycles. The molecule has 1 heterocycles. The summed E-state index contributed by atoms with van der Waals surface area (Å²) in [6.07, 6.45) is 3.77. The zero-order valence-corrected chi connectivity index (χ0v) is 14.9. The Kier molecular flexibility index (Phi) is 6.90. The quantitative estimate of drug-likeness (QED) is 0.624. The van der Waals surface area contributed by atoms with Gasteiger partial charge in [-0.1, -0.05) is 26.0 Å². The van der Waals surface area contributed by atoms with Crippen LogP contribution in [0.3, 0.4) is 0 Å². The van der Waals surface area contributed by atoms with Gasteiger partial charge in [0.15, 0.2) is 5.96 Å². The number of piperidine rings is 1. The van der Waals surface area contributed by atoms with Crippen LogP contribution in [0.1, 0.15) is 38.7 Å². The summed E-state index contributed by atoms with van der Waals surface area (Å²) in [5.41, 5.74) is 8.24. The summed E-state index contributed by atoms with van der Waals surface area (Å²) in [6, 6.07) is 8.20. The third kappa shape index (κ3) is 6.61. The van der Waals surface area contributed by atoms with Gasteiger partial charge in [-0.25, -0.2) is 0 Å². The molecule has 0 atom stereocenters. The van der Waals surface area contributed by atoms with Crippen molar-refractivity contribution in [1.29, 1.82) is 0 Å². The summed E-state index contributed by atoms with van der Waals surface area (Å²) in [5.74, 6) is 1.99. The van der Waals surface area contributed by atoms with Crippen LogP contribution in [0, 0.1) is 18.8 Å². The lowest BCUT2D eigenvalue weighted by molar-refractivity contribution is 0.180. The Hall–Kier alpha value is -1.55. The molecule has 3 N–H and O–H groups in total. The number of nitrogens with zero attached hydrogens (tertiary/aromatic N) is 2. The highest BCUT2D eigenvalue weighted by atomic mass is 15.1. The van der Waals surface area contributed by atoms with Gasteiger partial charge in [0.2, 0.25) is 0 Å². The molecule has 1 fully saturated rings. The van der Waals surface area contributed by atoms with Crippen LogP contribution in [0.4, 0.5) is 5.69 Å². The average Bonchev–Trinajstić information content (AvgIpc) is 2.52. The Bertz CT molecular complexity index is 502. The van der Waals surface area contributed by atoms with Crippen LogP contribution >= 0.6 is 0 Å². The van der Waals surface area contributed by atoms with E-state index in [1.165, 1.54) is 44.5 Å². The Morgan fingerprint density at radius 1 is 1.35 bits per heavy atom. The molecule has 1 aliphatic heterocycles. The highest BCUT2D eigenvalue weighted by Crippen LogP contribution is 2.18. The monoisotopic (exact) mass is 316 g/mol. The molecule has 4 nitrogen and oxygen atoms in total.